The predicted octanol–water partition coefficient (Wildman–Crippen LogP) is 1.53. The third-order valence-electron chi connectivity index (χ3n) is 4.54. The minimum atomic E-state index is -0.462. The number of nitrogens with zero attached hydrogens (tertiary/aromatic N) is 5. The molecular formula is C18H19N7O. The molecule has 26 heavy (non-hydrogen) atoms. The van der Waals surface area contributed by atoms with E-state index in [4.69, 9.17) is 16.1 Å². The van der Waals surface area contributed by atoms with Crippen molar-refractivity contribution in [2.45, 2.75) is 19.9 Å². The molecular weight excluding hydrogens is 330 g/mol. The average molecular weight is 349 g/mol. The molecule has 2 heterocycles. The molecule has 8 nitrogen and oxygen atoms in total. The molecule has 0 saturated carbocycles. The van der Waals surface area contributed by atoms with Gasteiger partial charge in [-0.15, -0.1) is 0 Å². The molecule has 1 aromatic rings. The van der Waals surface area contributed by atoms with Crippen LogP contribution in [0.2, 0.25) is 0 Å². The van der Waals surface area contributed by atoms with Gasteiger partial charge < -0.3 is 9.80 Å². The zero-order valence-corrected chi connectivity index (χ0v) is 14.7. The van der Waals surface area contributed by atoms with E-state index in [2.05, 4.69) is 9.98 Å². The number of hydrogen-bond acceptors (Lipinski definition) is 6. The summed E-state index contributed by atoms with van der Waals surface area (Å²) in [6.07, 6.45) is 0. The van der Waals surface area contributed by atoms with Crippen LogP contribution in [0.5, 0.6) is 0 Å². The summed E-state index contributed by atoms with van der Waals surface area (Å²) in [4.78, 5) is 24.4. The second-order valence-corrected chi connectivity index (χ2v) is 6.17. The van der Waals surface area contributed by atoms with Crippen molar-refractivity contribution in [3.63, 3.8) is 0 Å². The van der Waals surface area contributed by atoms with Crippen LogP contribution in [-0.2, 0) is 0 Å². The lowest BCUT2D eigenvalue weighted by atomic mass is 10.1. The fourth-order valence-electron chi connectivity index (χ4n) is 3.00. The van der Waals surface area contributed by atoms with E-state index in [1.165, 1.54) is 0 Å². The quantitative estimate of drug-likeness (QED) is 0.622. The standard InChI is InChI=1S/C18H19N7O/c1-11-16(20)25(17(21)15-10-22-12(2)23-15)8-7-24(11)18(26)14-5-3-13(9-19)4-6-14/h3-6,11,20-21H,7-8,10H2,1-2H3/t11-/m1/s1. The summed E-state index contributed by atoms with van der Waals surface area (Å²) in [6, 6.07) is 8.03. The van der Waals surface area contributed by atoms with Crippen molar-refractivity contribution in [1.82, 2.24) is 9.80 Å². The van der Waals surface area contributed by atoms with Crippen molar-refractivity contribution in [2.24, 2.45) is 9.98 Å². The Balaban J connectivity index is 1.73. The third kappa shape index (κ3) is 3.11. The van der Waals surface area contributed by atoms with Crippen LogP contribution < -0.4 is 0 Å². The van der Waals surface area contributed by atoms with Crippen LogP contribution in [0.4, 0.5) is 0 Å². The maximum absolute atomic E-state index is 12.8. The Bertz CT molecular complexity index is 876. The van der Waals surface area contributed by atoms with Gasteiger partial charge >= 0.3 is 0 Å². The van der Waals surface area contributed by atoms with E-state index in [-0.39, 0.29) is 17.6 Å². The number of rotatable bonds is 2. The monoisotopic (exact) mass is 349 g/mol. The molecule has 0 aromatic heterocycles. The van der Waals surface area contributed by atoms with Crippen molar-refractivity contribution in [1.29, 1.82) is 16.1 Å². The van der Waals surface area contributed by atoms with Gasteiger partial charge in [0.05, 0.1) is 24.2 Å². The summed E-state index contributed by atoms with van der Waals surface area (Å²) in [5.74, 6) is 0.817. The number of hydrogen-bond donors (Lipinski definition) is 2. The molecule has 0 bridgehead atoms. The van der Waals surface area contributed by atoms with E-state index < -0.39 is 6.04 Å². The fourth-order valence-corrected chi connectivity index (χ4v) is 3.00. The molecule has 0 aliphatic carbocycles. The number of benzene rings is 1. The van der Waals surface area contributed by atoms with Gasteiger partial charge in [-0.2, -0.15) is 5.26 Å². The topological polar surface area (TPSA) is 120 Å². The number of aliphatic imine (C=N–C) groups is 2. The Morgan fingerprint density at radius 2 is 2.00 bits per heavy atom. The lowest BCUT2D eigenvalue weighted by Gasteiger charge is -2.41. The molecule has 1 atom stereocenters. The summed E-state index contributed by atoms with van der Waals surface area (Å²) in [7, 11) is 0. The van der Waals surface area contributed by atoms with Gasteiger partial charge in [0.2, 0.25) is 0 Å². The minimum absolute atomic E-state index is 0.174. The van der Waals surface area contributed by atoms with Gasteiger partial charge in [-0.25, -0.2) is 4.99 Å². The first-order chi connectivity index (χ1) is 12.4. The summed E-state index contributed by atoms with van der Waals surface area (Å²) in [5.41, 5.74) is 1.53. The molecule has 0 radical (unpaired) electrons. The molecule has 0 spiro atoms. The van der Waals surface area contributed by atoms with Gasteiger partial charge in [0.25, 0.3) is 5.91 Å². The van der Waals surface area contributed by atoms with Crippen LogP contribution in [0.25, 0.3) is 0 Å². The number of nitriles is 1. The van der Waals surface area contributed by atoms with Crippen LogP contribution in [0.3, 0.4) is 0 Å². The smallest absolute Gasteiger partial charge is 0.254 e. The predicted molar refractivity (Wildman–Crippen MR) is 99.2 cm³/mol. The highest BCUT2D eigenvalue weighted by Gasteiger charge is 2.35. The molecule has 3 rings (SSSR count). The minimum Gasteiger partial charge on any atom is -0.327 e. The zero-order valence-electron chi connectivity index (χ0n) is 14.7. The van der Waals surface area contributed by atoms with E-state index in [1.54, 1.807) is 47.9 Å². The number of carbonyl (C=O) groups is 1. The number of amidine groups is 3. The number of carbonyl (C=O) groups excluding carboxylic acids is 1. The maximum Gasteiger partial charge on any atom is 0.254 e. The van der Waals surface area contributed by atoms with Crippen molar-refractivity contribution in [2.75, 3.05) is 19.6 Å². The lowest BCUT2D eigenvalue weighted by Crippen LogP contribution is -2.59. The fraction of sp³-hybridized carbons (Fsp3) is 0.333. The van der Waals surface area contributed by atoms with Gasteiger partial charge in [0.15, 0.2) is 0 Å². The van der Waals surface area contributed by atoms with E-state index in [9.17, 15) is 4.79 Å². The molecule has 1 aromatic carbocycles. The van der Waals surface area contributed by atoms with Crippen molar-refractivity contribution < 1.29 is 4.79 Å². The molecule has 0 unspecified atom stereocenters. The van der Waals surface area contributed by atoms with Crippen molar-refractivity contribution in [3.8, 4) is 6.07 Å². The Morgan fingerprint density at radius 3 is 2.58 bits per heavy atom. The third-order valence-corrected chi connectivity index (χ3v) is 4.54. The molecule has 1 amide bonds. The van der Waals surface area contributed by atoms with Gasteiger partial charge in [0.1, 0.15) is 23.2 Å². The van der Waals surface area contributed by atoms with Crippen molar-refractivity contribution in [3.05, 3.63) is 35.4 Å². The summed E-state index contributed by atoms with van der Waals surface area (Å²) >= 11 is 0. The molecule has 8 heteroatoms. The van der Waals surface area contributed by atoms with Crippen LogP contribution in [0.15, 0.2) is 34.3 Å². The first-order valence-corrected chi connectivity index (χ1v) is 8.27. The lowest BCUT2D eigenvalue weighted by molar-refractivity contribution is 0.0701. The van der Waals surface area contributed by atoms with Crippen molar-refractivity contribution >= 4 is 29.1 Å². The summed E-state index contributed by atoms with van der Waals surface area (Å²) in [5, 5.41) is 25.6. The number of amides is 1. The van der Waals surface area contributed by atoms with Crippen LogP contribution in [0.1, 0.15) is 29.8 Å². The first-order valence-electron chi connectivity index (χ1n) is 8.27. The highest BCUT2D eigenvalue weighted by molar-refractivity contribution is 6.45. The SMILES string of the molecule is CC1=NCC(C(=N)N2CCN(C(=O)c3ccc(C#N)cc3)[C@H](C)C2=N)=N1. The first kappa shape index (κ1) is 17.5. The molecule has 2 N–H and O–H groups in total. The van der Waals surface area contributed by atoms with E-state index in [0.717, 1.165) is 0 Å². The molecule has 1 saturated heterocycles. The highest BCUT2D eigenvalue weighted by Crippen LogP contribution is 2.17. The number of piperazine rings is 1. The van der Waals surface area contributed by atoms with Crippen LogP contribution >= 0.6 is 0 Å². The van der Waals surface area contributed by atoms with Gasteiger partial charge in [-0.05, 0) is 38.1 Å². The second-order valence-electron chi connectivity index (χ2n) is 6.17. The number of nitrogens with one attached hydrogen (secondary N) is 2. The van der Waals surface area contributed by atoms with Gasteiger partial charge in [-0.3, -0.25) is 20.6 Å². The zero-order chi connectivity index (χ0) is 18.8. The molecule has 2 aliphatic heterocycles. The maximum atomic E-state index is 12.8. The van der Waals surface area contributed by atoms with Gasteiger partial charge in [0, 0.05) is 18.7 Å². The molecule has 1 fully saturated rings. The Labute approximate surface area is 151 Å². The summed E-state index contributed by atoms with van der Waals surface area (Å²) < 4.78 is 0. The van der Waals surface area contributed by atoms with Gasteiger partial charge in [-0.1, -0.05) is 0 Å². The largest absolute Gasteiger partial charge is 0.327 e. The Morgan fingerprint density at radius 1 is 1.31 bits per heavy atom. The normalized spacial score (nSPS) is 19.7. The van der Waals surface area contributed by atoms with Crippen LogP contribution in [0, 0.1) is 22.1 Å². The van der Waals surface area contributed by atoms with E-state index in [0.29, 0.717) is 42.3 Å². The van der Waals surface area contributed by atoms with Crippen LogP contribution in [-0.4, -0.2) is 64.6 Å². The molecule has 132 valence electrons. The van der Waals surface area contributed by atoms with E-state index in [1.807, 2.05) is 6.07 Å². The average Bonchev–Trinajstić information content (AvgIpc) is 3.09. The molecule has 2 aliphatic rings. The second kappa shape index (κ2) is 6.88. The Hall–Kier alpha value is -3.34. The van der Waals surface area contributed by atoms with E-state index >= 15 is 0 Å². The Kier molecular flexibility index (Phi) is 4.63. The summed E-state index contributed by atoms with van der Waals surface area (Å²) in [6.45, 7) is 4.68. The highest BCUT2D eigenvalue weighted by atomic mass is 16.2.